The summed E-state index contributed by atoms with van der Waals surface area (Å²) in [7, 11) is 0. The number of hydrogen-bond acceptors (Lipinski definition) is 6. The van der Waals surface area contributed by atoms with Gasteiger partial charge >= 0.3 is 17.9 Å². The molecule has 0 spiro atoms. The van der Waals surface area contributed by atoms with Crippen molar-refractivity contribution in [1.82, 2.24) is 0 Å². The summed E-state index contributed by atoms with van der Waals surface area (Å²) >= 11 is 0. The molecule has 0 N–H and O–H groups in total. The minimum absolute atomic E-state index is 0.0675. The van der Waals surface area contributed by atoms with Crippen molar-refractivity contribution in [3.8, 4) is 0 Å². The summed E-state index contributed by atoms with van der Waals surface area (Å²) in [6.45, 7) is 6.68. The van der Waals surface area contributed by atoms with Crippen LogP contribution in [0.5, 0.6) is 0 Å². The Morgan fingerprint density at radius 2 is 0.458 bits per heavy atom. The van der Waals surface area contributed by atoms with Gasteiger partial charge in [0.25, 0.3) is 0 Å². The molecule has 0 aromatic heterocycles. The molecule has 0 aromatic rings. The molecule has 0 amide bonds. The molecule has 0 fully saturated rings. The van der Waals surface area contributed by atoms with Crippen LogP contribution in [0.15, 0.2) is 12.2 Å². The van der Waals surface area contributed by atoms with Gasteiger partial charge in [-0.15, -0.1) is 0 Å². The predicted molar refractivity (Wildman–Crippen MR) is 312 cm³/mol. The maximum absolute atomic E-state index is 12.8. The Balaban J connectivity index is 4.05. The molecule has 1 unspecified atom stereocenters. The molecular formula is C66H126O6. The molecule has 0 aromatic carbocycles. The number of carbonyl (C=O) groups is 3. The molecule has 0 saturated heterocycles. The minimum atomic E-state index is -0.769. The first-order chi connectivity index (χ1) is 35.5. The molecule has 0 aliphatic heterocycles. The van der Waals surface area contributed by atoms with Crippen molar-refractivity contribution >= 4 is 17.9 Å². The zero-order valence-electron chi connectivity index (χ0n) is 49.0. The molecule has 0 bridgehead atoms. The molecule has 6 nitrogen and oxygen atoms in total. The number of carbonyl (C=O) groups excluding carboxylic acids is 3. The summed E-state index contributed by atoms with van der Waals surface area (Å²) in [6.07, 6.45) is 72.5. The van der Waals surface area contributed by atoms with Gasteiger partial charge in [0.05, 0.1) is 0 Å². The van der Waals surface area contributed by atoms with Crippen LogP contribution in [-0.2, 0) is 28.6 Å². The third-order valence-corrected chi connectivity index (χ3v) is 15.0. The summed E-state index contributed by atoms with van der Waals surface area (Å²) < 4.78 is 16.9. The molecule has 0 aliphatic rings. The topological polar surface area (TPSA) is 78.9 Å². The van der Waals surface area contributed by atoms with Gasteiger partial charge < -0.3 is 14.2 Å². The van der Waals surface area contributed by atoms with Crippen LogP contribution in [0.4, 0.5) is 0 Å². The maximum atomic E-state index is 12.8. The van der Waals surface area contributed by atoms with E-state index >= 15 is 0 Å². The summed E-state index contributed by atoms with van der Waals surface area (Å²) in [5.74, 6) is -0.853. The average molecular weight is 1020 g/mol. The summed E-state index contributed by atoms with van der Waals surface area (Å²) in [5, 5.41) is 0. The van der Waals surface area contributed by atoms with Crippen molar-refractivity contribution < 1.29 is 28.6 Å². The highest BCUT2D eigenvalue weighted by Crippen LogP contribution is 2.18. The van der Waals surface area contributed by atoms with Gasteiger partial charge in [-0.3, -0.25) is 14.4 Å². The number of esters is 3. The first-order valence-corrected chi connectivity index (χ1v) is 32.7. The van der Waals surface area contributed by atoms with Crippen LogP contribution in [0.25, 0.3) is 0 Å². The van der Waals surface area contributed by atoms with Crippen LogP contribution in [0.1, 0.15) is 374 Å². The van der Waals surface area contributed by atoms with Crippen molar-refractivity contribution in [2.45, 2.75) is 380 Å². The SMILES string of the molecule is CCCCCCCCC/C=C\CCCCCCCC(=O)OC(COC(=O)CCCCCCCCCCC)COC(=O)CCCCCCCCCCCCCCCCCCCCCCCCCCCCCCC. The van der Waals surface area contributed by atoms with Crippen LogP contribution < -0.4 is 0 Å². The number of rotatable bonds is 61. The Morgan fingerprint density at radius 3 is 0.694 bits per heavy atom. The molecule has 0 saturated carbocycles. The molecular weight excluding hydrogens is 889 g/mol. The molecule has 426 valence electrons. The first-order valence-electron chi connectivity index (χ1n) is 32.7. The fraction of sp³-hybridized carbons (Fsp3) is 0.924. The lowest BCUT2D eigenvalue weighted by Crippen LogP contribution is -2.30. The lowest BCUT2D eigenvalue weighted by atomic mass is 10.0. The van der Waals surface area contributed by atoms with Gasteiger partial charge in [0.1, 0.15) is 13.2 Å². The molecule has 0 aliphatic carbocycles. The second-order valence-corrected chi connectivity index (χ2v) is 22.4. The largest absolute Gasteiger partial charge is 0.462 e. The van der Waals surface area contributed by atoms with Crippen LogP contribution in [-0.4, -0.2) is 37.2 Å². The summed E-state index contributed by atoms with van der Waals surface area (Å²) in [6, 6.07) is 0. The predicted octanol–water partition coefficient (Wildman–Crippen LogP) is 22.1. The third-order valence-electron chi connectivity index (χ3n) is 15.0. The van der Waals surface area contributed by atoms with E-state index in [9.17, 15) is 14.4 Å². The van der Waals surface area contributed by atoms with Gasteiger partial charge in [0.15, 0.2) is 6.10 Å². The fourth-order valence-corrected chi connectivity index (χ4v) is 10.1. The molecule has 0 rings (SSSR count). The monoisotopic (exact) mass is 1010 g/mol. The molecule has 1 atom stereocenters. The highest BCUT2D eigenvalue weighted by Gasteiger charge is 2.19. The van der Waals surface area contributed by atoms with E-state index < -0.39 is 6.10 Å². The second-order valence-electron chi connectivity index (χ2n) is 22.4. The van der Waals surface area contributed by atoms with E-state index in [2.05, 4.69) is 32.9 Å². The van der Waals surface area contributed by atoms with E-state index in [1.165, 1.54) is 270 Å². The van der Waals surface area contributed by atoms with E-state index in [0.29, 0.717) is 19.3 Å². The highest BCUT2D eigenvalue weighted by molar-refractivity contribution is 5.71. The molecule has 72 heavy (non-hydrogen) atoms. The van der Waals surface area contributed by atoms with E-state index in [1.54, 1.807) is 0 Å². The zero-order chi connectivity index (χ0) is 52.2. The smallest absolute Gasteiger partial charge is 0.306 e. The normalized spacial score (nSPS) is 12.0. The number of allylic oxidation sites excluding steroid dienone is 2. The molecule has 0 heterocycles. The molecule has 6 heteroatoms. The second kappa shape index (κ2) is 61.7. The fourth-order valence-electron chi connectivity index (χ4n) is 10.1. The van der Waals surface area contributed by atoms with E-state index in [0.717, 1.165) is 64.2 Å². The Hall–Kier alpha value is -1.85. The number of hydrogen-bond donors (Lipinski definition) is 0. The highest BCUT2D eigenvalue weighted by atomic mass is 16.6. The number of ether oxygens (including phenoxy) is 3. The lowest BCUT2D eigenvalue weighted by Gasteiger charge is -2.18. The van der Waals surface area contributed by atoms with Crippen molar-refractivity contribution in [1.29, 1.82) is 0 Å². The molecule has 0 radical (unpaired) electrons. The van der Waals surface area contributed by atoms with Gasteiger partial charge in [-0.2, -0.15) is 0 Å². The van der Waals surface area contributed by atoms with Crippen molar-refractivity contribution in [3.05, 3.63) is 12.2 Å². The Labute approximate surface area is 450 Å². The van der Waals surface area contributed by atoms with Gasteiger partial charge in [-0.25, -0.2) is 0 Å². The van der Waals surface area contributed by atoms with Crippen molar-refractivity contribution in [3.63, 3.8) is 0 Å². The summed E-state index contributed by atoms with van der Waals surface area (Å²) in [5.41, 5.74) is 0. The van der Waals surface area contributed by atoms with Gasteiger partial charge in [-0.05, 0) is 44.9 Å². The lowest BCUT2D eigenvalue weighted by molar-refractivity contribution is -0.167. The van der Waals surface area contributed by atoms with E-state index in [4.69, 9.17) is 14.2 Å². The Morgan fingerprint density at radius 1 is 0.264 bits per heavy atom. The van der Waals surface area contributed by atoms with Gasteiger partial charge in [0.2, 0.25) is 0 Å². The Kier molecular flexibility index (Phi) is 60.1. The third kappa shape index (κ3) is 59.0. The van der Waals surface area contributed by atoms with Crippen LogP contribution in [0, 0.1) is 0 Å². The zero-order valence-corrected chi connectivity index (χ0v) is 49.0. The van der Waals surface area contributed by atoms with Crippen LogP contribution >= 0.6 is 0 Å². The average Bonchev–Trinajstić information content (AvgIpc) is 3.38. The van der Waals surface area contributed by atoms with E-state index in [-0.39, 0.29) is 31.1 Å². The standard InChI is InChI=1S/C66H126O6/c1-4-7-10-13-16-19-21-23-25-27-28-29-30-31-32-33-34-35-36-37-38-39-41-42-44-47-50-53-56-59-65(68)71-62-63(61-70-64(67)58-55-52-49-46-18-15-12-9-6-3)72-66(69)60-57-54-51-48-45-43-40-26-24-22-20-17-14-11-8-5-2/h26,40,63H,4-25,27-39,41-62H2,1-3H3/b40-26-. The van der Waals surface area contributed by atoms with Crippen LogP contribution in [0.2, 0.25) is 0 Å². The quantitative estimate of drug-likeness (QED) is 0.0261. The van der Waals surface area contributed by atoms with Gasteiger partial charge in [0, 0.05) is 19.3 Å². The first kappa shape index (κ1) is 70.1. The van der Waals surface area contributed by atoms with Crippen molar-refractivity contribution in [2.75, 3.05) is 13.2 Å². The maximum Gasteiger partial charge on any atom is 0.306 e. The van der Waals surface area contributed by atoms with Crippen molar-refractivity contribution in [2.24, 2.45) is 0 Å². The van der Waals surface area contributed by atoms with E-state index in [1.807, 2.05) is 0 Å². The minimum Gasteiger partial charge on any atom is -0.462 e. The van der Waals surface area contributed by atoms with Crippen LogP contribution in [0.3, 0.4) is 0 Å². The van der Waals surface area contributed by atoms with Gasteiger partial charge in [-0.1, -0.05) is 322 Å². The number of unbranched alkanes of at least 4 members (excludes halogenated alkanes) is 48. The Bertz CT molecular complexity index is 1120. The summed E-state index contributed by atoms with van der Waals surface area (Å²) in [4.78, 5) is 38.1.